The molecule has 0 aliphatic carbocycles. The molecule has 2 N–H and O–H groups in total. The number of benzene rings is 1. The largest absolute Gasteiger partial charge is 0.460 e. The van der Waals surface area contributed by atoms with Gasteiger partial charge in [-0.1, -0.05) is 29.5 Å². The first kappa shape index (κ1) is 22.6. The summed E-state index contributed by atoms with van der Waals surface area (Å²) >= 11 is 1.22. The Kier molecular flexibility index (Phi) is 7.00. The molecular weight excluding hydrogens is 441 g/mol. The number of alkyl halides is 3. The van der Waals surface area contributed by atoms with Crippen LogP contribution in [0.3, 0.4) is 0 Å². The molecular formula is C22H25F3N4O2S. The van der Waals surface area contributed by atoms with Crippen molar-refractivity contribution in [1.29, 1.82) is 0 Å². The molecule has 0 fully saturated rings. The van der Waals surface area contributed by atoms with Crippen LogP contribution in [0.5, 0.6) is 5.19 Å². The molecule has 0 bridgehead atoms. The second-order valence-electron chi connectivity index (χ2n) is 7.83. The van der Waals surface area contributed by atoms with Crippen LogP contribution in [-0.4, -0.2) is 59.7 Å². The van der Waals surface area contributed by atoms with E-state index in [1.54, 1.807) is 0 Å². The monoisotopic (exact) mass is 466 g/mol. The van der Waals surface area contributed by atoms with Gasteiger partial charge in [0.1, 0.15) is 5.69 Å². The third-order valence-corrected chi connectivity index (χ3v) is 6.47. The molecule has 1 amide bonds. The SMILES string of the molecule is O=C(NCCCCN1CCc2nc(OCC(F)(F)F)sc2CC1)c1cc2ccccc2[nH]1. The van der Waals surface area contributed by atoms with E-state index in [-0.39, 0.29) is 11.1 Å². The highest BCUT2D eigenvalue weighted by Gasteiger charge is 2.29. The summed E-state index contributed by atoms with van der Waals surface area (Å²) in [7, 11) is 0. The zero-order valence-electron chi connectivity index (χ0n) is 17.5. The number of carbonyl (C=O) groups is 1. The topological polar surface area (TPSA) is 70.2 Å². The molecule has 0 spiro atoms. The van der Waals surface area contributed by atoms with Crippen molar-refractivity contribution in [2.45, 2.75) is 31.9 Å². The fourth-order valence-electron chi connectivity index (χ4n) is 3.77. The number of hydrogen-bond donors (Lipinski definition) is 2. The Bertz CT molecular complexity index is 1000. The molecule has 1 aliphatic rings. The maximum absolute atomic E-state index is 12.3. The van der Waals surface area contributed by atoms with Gasteiger partial charge < -0.3 is 19.9 Å². The number of aromatic amines is 1. The number of unbranched alkanes of at least 4 members (excludes halogenated alkanes) is 1. The van der Waals surface area contributed by atoms with Gasteiger partial charge in [-0.25, -0.2) is 4.98 Å². The minimum absolute atomic E-state index is 0.102. The molecule has 32 heavy (non-hydrogen) atoms. The van der Waals surface area contributed by atoms with E-state index in [0.29, 0.717) is 18.7 Å². The zero-order chi connectivity index (χ0) is 22.6. The first-order valence-corrected chi connectivity index (χ1v) is 11.5. The maximum Gasteiger partial charge on any atom is 0.422 e. The summed E-state index contributed by atoms with van der Waals surface area (Å²) in [5.41, 5.74) is 2.36. The lowest BCUT2D eigenvalue weighted by molar-refractivity contribution is -0.153. The van der Waals surface area contributed by atoms with Crippen molar-refractivity contribution < 1.29 is 22.7 Å². The Balaban J connectivity index is 1.15. The number of H-pyrrole nitrogens is 1. The van der Waals surface area contributed by atoms with Crippen LogP contribution >= 0.6 is 11.3 Å². The normalized spacial score (nSPS) is 14.8. The number of carbonyl (C=O) groups excluding carboxylic acids is 1. The van der Waals surface area contributed by atoms with Gasteiger partial charge in [-0.2, -0.15) is 13.2 Å². The van der Waals surface area contributed by atoms with Crippen LogP contribution in [0.15, 0.2) is 30.3 Å². The summed E-state index contributed by atoms with van der Waals surface area (Å²) in [4.78, 5) is 23.0. The van der Waals surface area contributed by atoms with Crippen LogP contribution in [-0.2, 0) is 12.8 Å². The smallest absolute Gasteiger partial charge is 0.422 e. The molecule has 10 heteroatoms. The Morgan fingerprint density at radius 2 is 2.03 bits per heavy atom. The fourth-order valence-corrected chi connectivity index (χ4v) is 4.71. The van der Waals surface area contributed by atoms with Crippen LogP contribution in [0.4, 0.5) is 13.2 Å². The van der Waals surface area contributed by atoms with Crippen molar-refractivity contribution in [2.24, 2.45) is 0 Å². The molecule has 3 heterocycles. The van der Waals surface area contributed by atoms with Crippen LogP contribution in [0.2, 0.25) is 0 Å². The molecule has 1 aromatic carbocycles. The molecule has 6 nitrogen and oxygen atoms in total. The standard InChI is InChI=1S/C22H25F3N4O2S/c23-22(24,25)14-31-21-28-17-7-11-29(12-8-19(17)32-21)10-4-3-9-26-20(30)18-13-15-5-1-2-6-16(15)27-18/h1-2,5-6,13,27H,3-4,7-12,14H2,(H,26,30). The Morgan fingerprint density at radius 3 is 2.84 bits per heavy atom. The van der Waals surface area contributed by atoms with Gasteiger partial charge in [0.25, 0.3) is 11.1 Å². The highest BCUT2D eigenvalue weighted by molar-refractivity contribution is 7.13. The van der Waals surface area contributed by atoms with Gasteiger partial charge >= 0.3 is 6.18 Å². The predicted molar refractivity (Wildman–Crippen MR) is 117 cm³/mol. The van der Waals surface area contributed by atoms with E-state index < -0.39 is 12.8 Å². The first-order valence-electron chi connectivity index (χ1n) is 10.6. The van der Waals surface area contributed by atoms with Gasteiger partial charge in [0.2, 0.25) is 0 Å². The minimum Gasteiger partial charge on any atom is -0.460 e. The molecule has 1 aliphatic heterocycles. The lowest BCUT2D eigenvalue weighted by Gasteiger charge is -2.19. The number of nitrogens with one attached hydrogen (secondary N) is 2. The number of thiazole rings is 1. The third-order valence-electron chi connectivity index (χ3n) is 5.40. The minimum atomic E-state index is -4.35. The van der Waals surface area contributed by atoms with Gasteiger partial charge in [0.15, 0.2) is 6.61 Å². The second kappa shape index (κ2) is 9.91. The number of amides is 1. The average Bonchev–Trinajstić information content (AvgIpc) is 3.32. The lowest BCUT2D eigenvalue weighted by atomic mass is 10.2. The van der Waals surface area contributed by atoms with Crippen LogP contribution < -0.4 is 10.1 Å². The third kappa shape index (κ3) is 6.01. The molecule has 172 valence electrons. The molecule has 3 aromatic rings. The van der Waals surface area contributed by atoms with Crippen molar-refractivity contribution >= 4 is 28.1 Å². The molecule has 0 saturated heterocycles. The van der Waals surface area contributed by atoms with Crippen LogP contribution in [0.1, 0.15) is 33.9 Å². The van der Waals surface area contributed by atoms with Crippen molar-refractivity contribution in [1.82, 2.24) is 20.2 Å². The number of para-hydroxylation sites is 1. The highest BCUT2D eigenvalue weighted by Crippen LogP contribution is 2.29. The summed E-state index contributed by atoms with van der Waals surface area (Å²) in [5, 5.41) is 4.08. The number of ether oxygens (including phenoxy) is 1. The van der Waals surface area contributed by atoms with Gasteiger partial charge in [-0.05, 0) is 37.9 Å². The van der Waals surface area contributed by atoms with E-state index in [4.69, 9.17) is 4.74 Å². The van der Waals surface area contributed by atoms with E-state index >= 15 is 0 Å². The van der Waals surface area contributed by atoms with Gasteiger partial charge in [-0.15, -0.1) is 0 Å². The highest BCUT2D eigenvalue weighted by atomic mass is 32.1. The van der Waals surface area contributed by atoms with E-state index in [2.05, 4.69) is 20.2 Å². The van der Waals surface area contributed by atoms with Gasteiger partial charge in [0, 0.05) is 41.8 Å². The Labute approximate surface area is 187 Å². The van der Waals surface area contributed by atoms with Gasteiger partial charge in [-0.3, -0.25) is 4.79 Å². The van der Waals surface area contributed by atoms with E-state index in [1.165, 1.54) is 11.3 Å². The second-order valence-corrected chi connectivity index (χ2v) is 8.87. The van der Waals surface area contributed by atoms with Crippen molar-refractivity contribution in [3.63, 3.8) is 0 Å². The quantitative estimate of drug-likeness (QED) is 0.489. The molecule has 0 saturated carbocycles. The number of rotatable bonds is 8. The molecule has 0 radical (unpaired) electrons. The molecule has 0 atom stereocenters. The Morgan fingerprint density at radius 1 is 1.22 bits per heavy atom. The lowest BCUT2D eigenvalue weighted by Crippen LogP contribution is -2.29. The summed E-state index contributed by atoms with van der Waals surface area (Å²) in [6.45, 7) is 1.88. The molecule has 2 aromatic heterocycles. The maximum atomic E-state index is 12.3. The van der Waals surface area contributed by atoms with Crippen LogP contribution in [0.25, 0.3) is 10.9 Å². The number of hydrogen-bond acceptors (Lipinski definition) is 5. The number of nitrogens with zero attached hydrogens (tertiary/aromatic N) is 2. The summed E-state index contributed by atoms with van der Waals surface area (Å²) in [5.74, 6) is -0.102. The molecule has 0 unspecified atom stereocenters. The van der Waals surface area contributed by atoms with Crippen molar-refractivity contribution in [2.75, 3.05) is 32.8 Å². The van der Waals surface area contributed by atoms with E-state index in [9.17, 15) is 18.0 Å². The average molecular weight is 467 g/mol. The first-order chi connectivity index (χ1) is 15.4. The number of halogens is 3. The number of aromatic nitrogens is 2. The van der Waals surface area contributed by atoms with Gasteiger partial charge in [0.05, 0.1) is 5.69 Å². The molecule has 4 rings (SSSR count). The fraction of sp³-hybridized carbons (Fsp3) is 0.455. The van der Waals surface area contributed by atoms with E-state index in [1.807, 2.05) is 30.3 Å². The van der Waals surface area contributed by atoms with E-state index in [0.717, 1.165) is 60.4 Å². The predicted octanol–water partition coefficient (Wildman–Crippen LogP) is 4.18. The summed E-state index contributed by atoms with van der Waals surface area (Å²) in [6.07, 6.45) is -1.06. The summed E-state index contributed by atoms with van der Waals surface area (Å²) < 4.78 is 41.7. The number of fused-ring (bicyclic) bond motifs is 2. The summed E-state index contributed by atoms with van der Waals surface area (Å²) in [6, 6.07) is 9.64. The Hall–Kier alpha value is -2.59. The van der Waals surface area contributed by atoms with Crippen LogP contribution in [0, 0.1) is 0 Å². The van der Waals surface area contributed by atoms with Crippen molar-refractivity contribution in [3.8, 4) is 5.19 Å². The zero-order valence-corrected chi connectivity index (χ0v) is 18.3. The van der Waals surface area contributed by atoms with Crippen molar-refractivity contribution in [3.05, 3.63) is 46.6 Å².